The number of amides is 1. The van der Waals surface area contributed by atoms with Gasteiger partial charge in [-0.15, -0.1) is 0 Å². The number of guanidine groups is 1. The Morgan fingerprint density at radius 1 is 1.31 bits per heavy atom. The maximum absolute atomic E-state index is 11.7. The van der Waals surface area contributed by atoms with E-state index in [4.69, 9.17) is 4.74 Å². The Morgan fingerprint density at radius 3 is 2.86 bits per heavy atom. The number of benzene rings is 1. The molecule has 1 atom stereocenters. The fourth-order valence-electron chi connectivity index (χ4n) is 3.56. The van der Waals surface area contributed by atoms with Crippen LogP contribution in [0.5, 0.6) is 5.75 Å². The number of piperidine rings is 1. The highest BCUT2D eigenvalue weighted by Crippen LogP contribution is 2.18. The van der Waals surface area contributed by atoms with Crippen LogP contribution < -0.4 is 15.4 Å². The van der Waals surface area contributed by atoms with Gasteiger partial charge in [0.05, 0.1) is 0 Å². The number of rotatable bonds is 9. The topological polar surface area (TPSA) is 69.2 Å². The standard InChI is InChI=1S/C22H37N5O2/c1-5-19-10-6-7-13-27(19)14-12-24-22(23-2)25-16-18-9-8-11-20(15-18)29-17-21(28)26(3)4/h8-9,11,15,19H,5-7,10,12-14,16-17H2,1-4H3,(H2,23,24,25). The van der Waals surface area contributed by atoms with Crippen molar-refractivity contribution in [3.63, 3.8) is 0 Å². The number of ether oxygens (including phenoxy) is 1. The molecule has 0 aliphatic carbocycles. The van der Waals surface area contributed by atoms with Crippen molar-refractivity contribution in [2.45, 2.75) is 45.2 Å². The minimum Gasteiger partial charge on any atom is -0.484 e. The number of hydrogen-bond donors (Lipinski definition) is 2. The van der Waals surface area contributed by atoms with Crippen LogP contribution in [0.3, 0.4) is 0 Å². The highest BCUT2D eigenvalue weighted by atomic mass is 16.5. The van der Waals surface area contributed by atoms with Gasteiger partial charge in [-0.05, 0) is 43.5 Å². The van der Waals surface area contributed by atoms with Crippen molar-refractivity contribution >= 4 is 11.9 Å². The molecule has 0 aromatic heterocycles. The lowest BCUT2D eigenvalue weighted by molar-refractivity contribution is -0.130. The number of aliphatic imine (C=N–C) groups is 1. The Kier molecular flexibility index (Phi) is 9.77. The third kappa shape index (κ3) is 7.93. The summed E-state index contributed by atoms with van der Waals surface area (Å²) in [6, 6.07) is 8.50. The first-order chi connectivity index (χ1) is 14.0. The molecule has 1 aliphatic rings. The van der Waals surface area contributed by atoms with Crippen LogP contribution in [-0.4, -0.2) is 75.1 Å². The molecule has 1 unspecified atom stereocenters. The zero-order valence-corrected chi connectivity index (χ0v) is 18.4. The van der Waals surface area contributed by atoms with Gasteiger partial charge in [0.15, 0.2) is 12.6 Å². The minimum absolute atomic E-state index is 0.0440. The zero-order valence-electron chi connectivity index (χ0n) is 18.4. The average Bonchev–Trinajstić information content (AvgIpc) is 2.74. The summed E-state index contributed by atoms with van der Waals surface area (Å²) in [6.45, 7) is 6.09. The molecule has 1 aliphatic heterocycles. The molecule has 162 valence electrons. The summed E-state index contributed by atoms with van der Waals surface area (Å²) in [4.78, 5) is 20.1. The van der Waals surface area contributed by atoms with E-state index in [0.717, 1.165) is 30.7 Å². The summed E-state index contributed by atoms with van der Waals surface area (Å²) in [7, 11) is 5.23. The largest absolute Gasteiger partial charge is 0.484 e. The zero-order chi connectivity index (χ0) is 21.1. The molecule has 1 aromatic carbocycles. The van der Waals surface area contributed by atoms with Crippen LogP contribution in [0.1, 0.15) is 38.2 Å². The van der Waals surface area contributed by atoms with Gasteiger partial charge in [-0.3, -0.25) is 14.7 Å². The number of hydrogen-bond acceptors (Lipinski definition) is 4. The summed E-state index contributed by atoms with van der Waals surface area (Å²) in [5.74, 6) is 1.43. The molecule has 0 spiro atoms. The number of carbonyl (C=O) groups is 1. The Bertz CT molecular complexity index is 662. The second-order valence-corrected chi connectivity index (χ2v) is 7.67. The van der Waals surface area contributed by atoms with Crippen molar-refractivity contribution in [3.05, 3.63) is 29.8 Å². The van der Waals surface area contributed by atoms with Gasteiger partial charge in [0.25, 0.3) is 5.91 Å². The maximum atomic E-state index is 11.7. The summed E-state index contributed by atoms with van der Waals surface area (Å²) >= 11 is 0. The van der Waals surface area contributed by atoms with E-state index in [1.165, 1.54) is 37.1 Å². The van der Waals surface area contributed by atoms with E-state index < -0.39 is 0 Å². The summed E-state index contributed by atoms with van der Waals surface area (Å²) in [5.41, 5.74) is 1.07. The maximum Gasteiger partial charge on any atom is 0.259 e. The van der Waals surface area contributed by atoms with Crippen LogP contribution in [-0.2, 0) is 11.3 Å². The van der Waals surface area contributed by atoms with Crippen LogP contribution in [0.2, 0.25) is 0 Å². The highest BCUT2D eigenvalue weighted by molar-refractivity contribution is 5.79. The third-order valence-corrected chi connectivity index (χ3v) is 5.35. The number of carbonyl (C=O) groups excluding carboxylic acids is 1. The van der Waals surface area contributed by atoms with Crippen LogP contribution in [0, 0.1) is 0 Å². The van der Waals surface area contributed by atoms with Gasteiger partial charge in [-0.25, -0.2) is 0 Å². The van der Waals surface area contributed by atoms with Crippen LogP contribution in [0.4, 0.5) is 0 Å². The predicted octanol–water partition coefficient (Wildman–Crippen LogP) is 2.08. The number of likely N-dealkylation sites (N-methyl/N-ethyl adjacent to an activating group) is 1. The molecular weight excluding hydrogens is 366 g/mol. The van der Waals surface area contributed by atoms with Gasteiger partial charge in [0.1, 0.15) is 5.75 Å². The molecular formula is C22H37N5O2. The molecule has 1 aromatic rings. The fourth-order valence-corrected chi connectivity index (χ4v) is 3.56. The Balaban J connectivity index is 1.75. The van der Waals surface area contributed by atoms with Crippen molar-refractivity contribution < 1.29 is 9.53 Å². The van der Waals surface area contributed by atoms with E-state index in [1.807, 2.05) is 24.3 Å². The Hall–Kier alpha value is -2.28. The smallest absolute Gasteiger partial charge is 0.259 e. The number of nitrogens with one attached hydrogen (secondary N) is 2. The fraction of sp³-hybridized carbons (Fsp3) is 0.636. The molecule has 1 saturated heterocycles. The van der Waals surface area contributed by atoms with Crippen molar-refractivity contribution in [1.29, 1.82) is 0 Å². The number of nitrogens with zero attached hydrogens (tertiary/aromatic N) is 3. The summed E-state index contributed by atoms with van der Waals surface area (Å²) in [5, 5.41) is 6.76. The van der Waals surface area contributed by atoms with E-state index in [1.54, 1.807) is 21.1 Å². The average molecular weight is 404 g/mol. The lowest BCUT2D eigenvalue weighted by Gasteiger charge is -2.35. The van der Waals surface area contributed by atoms with E-state index in [0.29, 0.717) is 12.3 Å². The second kappa shape index (κ2) is 12.3. The SMILES string of the molecule is CCC1CCCCN1CCNC(=NC)NCc1cccc(OCC(=O)N(C)C)c1. The first-order valence-corrected chi connectivity index (χ1v) is 10.6. The van der Waals surface area contributed by atoms with Crippen molar-refractivity contribution in [3.8, 4) is 5.75 Å². The molecule has 2 rings (SSSR count). The van der Waals surface area contributed by atoms with E-state index in [-0.39, 0.29) is 12.5 Å². The van der Waals surface area contributed by atoms with Gasteiger partial charge in [-0.1, -0.05) is 25.5 Å². The lowest BCUT2D eigenvalue weighted by atomic mass is 10.0. The van der Waals surface area contributed by atoms with Gasteiger partial charge < -0.3 is 20.3 Å². The predicted molar refractivity (Wildman–Crippen MR) is 118 cm³/mol. The minimum atomic E-state index is -0.0582. The molecule has 1 amide bonds. The summed E-state index contributed by atoms with van der Waals surface area (Å²) < 4.78 is 5.59. The van der Waals surface area contributed by atoms with E-state index in [9.17, 15) is 4.79 Å². The molecule has 0 bridgehead atoms. The van der Waals surface area contributed by atoms with Crippen LogP contribution in [0.25, 0.3) is 0 Å². The van der Waals surface area contributed by atoms with Crippen LogP contribution >= 0.6 is 0 Å². The first kappa shape index (κ1) is 23.0. The van der Waals surface area contributed by atoms with Crippen molar-refractivity contribution in [2.75, 3.05) is 47.4 Å². The quantitative estimate of drug-likeness (QED) is 0.488. The molecule has 2 N–H and O–H groups in total. The van der Waals surface area contributed by atoms with Gasteiger partial charge in [0.2, 0.25) is 0 Å². The van der Waals surface area contributed by atoms with Crippen molar-refractivity contribution in [1.82, 2.24) is 20.4 Å². The molecule has 7 heteroatoms. The molecule has 29 heavy (non-hydrogen) atoms. The number of likely N-dealkylation sites (tertiary alicyclic amines) is 1. The molecule has 0 radical (unpaired) electrons. The third-order valence-electron chi connectivity index (χ3n) is 5.35. The second-order valence-electron chi connectivity index (χ2n) is 7.67. The Morgan fingerprint density at radius 2 is 2.14 bits per heavy atom. The van der Waals surface area contributed by atoms with Crippen molar-refractivity contribution in [2.24, 2.45) is 4.99 Å². The van der Waals surface area contributed by atoms with Crippen LogP contribution in [0.15, 0.2) is 29.3 Å². The first-order valence-electron chi connectivity index (χ1n) is 10.6. The summed E-state index contributed by atoms with van der Waals surface area (Å²) in [6.07, 6.45) is 5.22. The van der Waals surface area contributed by atoms with E-state index >= 15 is 0 Å². The molecule has 1 heterocycles. The van der Waals surface area contributed by atoms with Gasteiger partial charge in [0, 0.05) is 46.8 Å². The monoisotopic (exact) mass is 403 g/mol. The molecule has 7 nitrogen and oxygen atoms in total. The normalized spacial score (nSPS) is 17.7. The lowest BCUT2D eigenvalue weighted by Crippen LogP contribution is -2.45. The molecule has 0 saturated carbocycles. The van der Waals surface area contributed by atoms with Gasteiger partial charge in [-0.2, -0.15) is 0 Å². The van der Waals surface area contributed by atoms with Gasteiger partial charge >= 0.3 is 0 Å². The molecule has 1 fully saturated rings. The highest BCUT2D eigenvalue weighted by Gasteiger charge is 2.19. The van der Waals surface area contributed by atoms with E-state index in [2.05, 4.69) is 27.4 Å². The Labute approximate surface area is 175 Å².